The molecule has 0 bridgehead atoms. The first-order chi connectivity index (χ1) is 14.9. The third kappa shape index (κ3) is 5.66. The molecule has 0 saturated heterocycles. The van der Waals surface area contributed by atoms with Gasteiger partial charge in [-0.15, -0.1) is 0 Å². The third-order valence-electron chi connectivity index (χ3n) is 4.49. The Bertz CT molecular complexity index is 1140. The molecule has 0 spiro atoms. The highest BCUT2D eigenvalue weighted by atomic mass is 16.5. The second-order valence-corrected chi connectivity index (χ2v) is 6.79. The maximum Gasteiger partial charge on any atom is 0.314 e. The van der Waals surface area contributed by atoms with Gasteiger partial charge in [0.05, 0.1) is 0 Å². The van der Waals surface area contributed by atoms with Crippen LogP contribution in [0.15, 0.2) is 60.8 Å². The lowest BCUT2D eigenvalue weighted by Crippen LogP contribution is -2.29. The van der Waals surface area contributed by atoms with Crippen molar-refractivity contribution in [1.82, 2.24) is 10.3 Å². The summed E-state index contributed by atoms with van der Waals surface area (Å²) in [4.78, 5) is 40.2. The molecule has 8 heteroatoms. The molecule has 158 valence electrons. The van der Waals surface area contributed by atoms with E-state index in [1.807, 2.05) is 19.9 Å². The Balaban J connectivity index is 1.66. The monoisotopic (exact) mass is 418 g/mol. The fourth-order valence-electron chi connectivity index (χ4n) is 2.70. The number of hydrogen-bond acceptors (Lipinski definition) is 5. The van der Waals surface area contributed by atoms with Gasteiger partial charge in [0.15, 0.2) is 0 Å². The number of rotatable bonds is 5. The molecule has 0 aliphatic heterocycles. The van der Waals surface area contributed by atoms with E-state index in [0.29, 0.717) is 22.9 Å². The van der Waals surface area contributed by atoms with Crippen molar-refractivity contribution < 1.29 is 19.1 Å². The Morgan fingerprint density at radius 3 is 2.16 bits per heavy atom. The van der Waals surface area contributed by atoms with E-state index < -0.39 is 11.8 Å². The van der Waals surface area contributed by atoms with Gasteiger partial charge in [0.25, 0.3) is 5.91 Å². The van der Waals surface area contributed by atoms with Crippen LogP contribution in [-0.2, 0) is 9.59 Å². The molecule has 3 aromatic rings. The van der Waals surface area contributed by atoms with Gasteiger partial charge in [-0.25, -0.2) is 0 Å². The highest BCUT2D eigenvalue weighted by Gasteiger charge is 2.15. The minimum absolute atomic E-state index is 0.215. The van der Waals surface area contributed by atoms with Crippen LogP contribution in [0.4, 0.5) is 11.4 Å². The number of aryl methyl sites for hydroxylation is 2. The van der Waals surface area contributed by atoms with E-state index in [4.69, 9.17) is 4.74 Å². The van der Waals surface area contributed by atoms with Crippen molar-refractivity contribution in [3.05, 3.63) is 77.6 Å². The number of carbonyl (C=O) groups excluding carboxylic acids is 3. The number of ether oxygens (including phenoxy) is 1. The first kappa shape index (κ1) is 21.5. The summed E-state index contributed by atoms with van der Waals surface area (Å²) in [5.74, 6) is -1.09. The first-order valence-electron chi connectivity index (χ1n) is 9.51. The van der Waals surface area contributed by atoms with E-state index in [2.05, 4.69) is 20.9 Å². The number of anilines is 2. The Morgan fingerprint density at radius 2 is 1.48 bits per heavy atom. The predicted octanol–water partition coefficient (Wildman–Crippen LogP) is 3.43. The van der Waals surface area contributed by atoms with E-state index in [0.717, 1.165) is 11.1 Å². The normalized spacial score (nSPS) is 10.2. The van der Waals surface area contributed by atoms with Crippen molar-refractivity contribution in [2.75, 3.05) is 17.7 Å². The van der Waals surface area contributed by atoms with Crippen LogP contribution in [0.2, 0.25) is 0 Å². The maximum atomic E-state index is 12.3. The smallest absolute Gasteiger partial charge is 0.314 e. The zero-order valence-corrected chi connectivity index (χ0v) is 17.4. The molecule has 31 heavy (non-hydrogen) atoms. The Morgan fingerprint density at radius 1 is 0.806 bits per heavy atom. The molecule has 3 N–H and O–H groups in total. The fraction of sp³-hybridized carbons (Fsp3) is 0.130. The highest BCUT2D eigenvalue weighted by molar-refractivity contribution is 6.43. The summed E-state index contributed by atoms with van der Waals surface area (Å²) in [5, 5.41) is 7.62. The maximum absolute atomic E-state index is 12.3. The molecule has 1 heterocycles. The predicted molar refractivity (Wildman–Crippen MR) is 117 cm³/mol. The summed E-state index contributed by atoms with van der Waals surface area (Å²) in [6, 6.07) is 15.1. The lowest BCUT2D eigenvalue weighted by atomic mass is 10.1. The van der Waals surface area contributed by atoms with Gasteiger partial charge < -0.3 is 20.7 Å². The van der Waals surface area contributed by atoms with Gasteiger partial charge in [0.1, 0.15) is 17.2 Å². The van der Waals surface area contributed by atoms with E-state index in [-0.39, 0.29) is 11.6 Å². The lowest BCUT2D eigenvalue weighted by Gasteiger charge is -2.10. The van der Waals surface area contributed by atoms with Crippen LogP contribution >= 0.6 is 0 Å². The van der Waals surface area contributed by atoms with Crippen LogP contribution in [0.1, 0.15) is 21.6 Å². The van der Waals surface area contributed by atoms with Gasteiger partial charge in [-0.05, 0) is 55.3 Å². The summed E-state index contributed by atoms with van der Waals surface area (Å²) in [7, 11) is 1.51. The van der Waals surface area contributed by atoms with Crippen molar-refractivity contribution in [3.8, 4) is 11.5 Å². The Hall–Kier alpha value is -4.20. The molecule has 0 unspecified atom stereocenters. The van der Waals surface area contributed by atoms with Gasteiger partial charge in [0, 0.05) is 36.8 Å². The Kier molecular flexibility index (Phi) is 6.61. The summed E-state index contributed by atoms with van der Waals surface area (Å²) in [5.41, 5.74) is 3.25. The number of benzene rings is 2. The lowest BCUT2D eigenvalue weighted by molar-refractivity contribution is -0.132. The van der Waals surface area contributed by atoms with Crippen LogP contribution in [0.25, 0.3) is 0 Å². The van der Waals surface area contributed by atoms with E-state index in [9.17, 15) is 14.4 Å². The van der Waals surface area contributed by atoms with Crippen molar-refractivity contribution in [2.45, 2.75) is 13.8 Å². The molecule has 1 aromatic heterocycles. The summed E-state index contributed by atoms with van der Waals surface area (Å²) in [6.45, 7) is 3.89. The van der Waals surface area contributed by atoms with Gasteiger partial charge in [0.2, 0.25) is 0 Å². The molecular formula is C23H22N4O4. The molecule has 2 aromatic carbocycles. The van der Waals surface area contributed by atoms with Crippen molar-refractivity contribution in [1.29, 1.82) is 0 Å². The average Bonchev–Trinajstić information content (AvgIpc) is 2.76. The molecule has 0 aliphatic rings. The summed E-state index contributed by atoms with van der Waals surface area (Å²) in [6.07, 6.45) is 1.46. The summed E-state index contributed by atoms with van der Waals surface area (Å²) < 4.78 is 5.74. The van der Waals surface area contributed by atoms with Crippen LogP contribution in [0.5, 0.6) is 11.5 Å². The van der Waals surface area contributed by atoms with Crippen LogP contribution in [0, 0.1) is 13.8 Å². The molecule has 0 saturated carbocycles. The standard InChI is InChI=1S/C23H22N4O4/c1-14-7-8-17(11-15(14)2)27-23(30)22(29)26-16-5-4-6-18(12-16)31-19-9-10-25-20(13-19)21(28)24-3/h4-13H,1-3H3,(H,24,28)(H,26,29)(H,27,30). The Labute approximate surface area is 179 Å². The molecule has 3 amide bonds. The molecule has 0 radical (unpaired) electrons. The van der Waals surface area contributed by atoms with Gasteiger partial charge in [-0.3, -0.25) is 19.4 Å². The first-order valence-corrected chi connectivity index (χ1v) is 9.51. The number of nitrogens with one attached hydrogen (secondary N) is 3. The third-order valence-corrected chi connectivity index (χ3v) is 4.49. The van der Waals surface area contributed by atoms with E-state index in [1.165, 1.54) is 19.3 Å². The van der Waals surface area contributed by atoms with Crippen LogP contribution in [-0.4, -0.2) is 29.8 Å². The highest BCUT2D eigenvalue weighted by Crippen LogP contribution is 2.24. The van der Waals surface area contributed by atoms with Crippen LogP contribution in [0.3, 0.4) is 0 Å². The number of nitrogens with zero attached hydrogens (tertiary/aromatic N) is 1. The SMILES string of the molecule is CNC(=O)c1cc(Oc2cccc(NC(=O)C(=O)Nc3ccc(C)c(C)c3)c2)ccn1. The number of hydrogen-bond donors (Lipinski definition) is 3. The zero-order chi connectivity index (χ0) is 22.4. The minimum Gasteiger partial charge on any atom is -0.457 e. The second kappa shape index (κ2) is 9.53. The fourth-order valence-corrected chi connectivity index (χ4v) is 2.70. The summed E-state index contributed by atoms with van der Waals surface area (Å²) >= 11 is 0. The van der Waals surface area contributed by atoms with Crippen molar-refractivity contribution in [3.63, 3.8) is 0 Å². The number of aromatic nitrogens is 1. The quantitative estimate of drug-likeness (QED) is 0.550. The second-order valence-electron chi connectivity index (χ2n) is 6.79. The largest absolute Gasteiger partial charge is 0.457 e. The molecular weight excluding hydrogens is 396 g/mol. The van der Waals surface area contributed by atoms with E-state index >= 15 is 0 Å². The topological polar surface area (TPSA) is 109 Å². The number of amides is 3. The van der Waals surface area contributed by atoms with Crippen molar-refractivity contribution in [2.24, 2.45) is 0 Å². The molecule has 8 nitrogen and oxygen atoms in total. The van der Waals surface area contributed by atoms with Crippen molar-refractivity contribution >= 4 is 29.1 Å². The van der Waals surface area contributed by atoms with Gasteiger partial charge in [-0.1, -0.05) is 12.1 Å². The zero-order valence-electron chi connectivity index (χ0n) is 17.4. The van der Waals surface area contributed by atoms with E-state index in [1.54, 1.807) is 42.5 Å². The number of pyridine rings is 1. The minimum atomic E-state index is -0.804. The average molecular weight is 418 g/mol. The molecule has 3 rings (SSSR count). The molecule has 0 atom stereocenters. The van der Waals surface area contributed by atoms with Crippen LogP contribution < -0.4 is 20.7 Å². The van der Waals surface area contributed by atoms with Gasteiger partial charge >= 0.3 is 11.8 Å². The van der Waals surface area contributed by atoms with Gasteiger partial charge in [-0.2, -0.15) is 0 Å². The molecule has 0 aliphatic carbocycles. The number of carbonyl (C=O) groups is 3. The molecule has 0 fully saturated rings.